The summed E-state index contributed by atoms with van der Waals surface area (Å²) in [5.41, 5.74) is 0.447. The normalized spacial score (nSPS) is 18.4. The molecular weight excluding hydrogens is 639 g/mol. The number of halogens is 5. The lowest BCUT2D eigenvalue weighted by molar-refractivity contribution is -0.140. The molecule has 244 valence electrons. The number of piperidine rings is 1. The molecule has 0 amide bonds. The van der Waals surface area contributed by atoms with Gasteiger partial charge in [-0.05, 0) is 61.9 Å². The van der Waals surface area contributed by atoms with Gasteiger partial charge in [0, 0.05) is 42.5 Å². The zero-order valence-corrected chi connectivity index (χ0v) is 26.1. The van der Waals surface area contributed by atoms with E-state index in [1.165, 1.54) is 0 Å². The fourth-order valence-electron chi connectivity index (χ4n) is 5.94. The Bertz CT molecular complexity index is 1820. The Balaban J connectivity index is 1.31. The number of anilines is 2. The van der Waals surface area contributed by atoms with Gasteiger partial charge in [0.05, 0.1) is 34.2 Å². The van der Waals surface area contributed by atoms with E-state index in [-0.39, 0.29) is 35.8 Å². The van der Waals surface area contributed by atoms with Crippen molar-refractivity contribution in [3.63, 3.8) is 0 Å². The van der Waals surface area contributed by atoms with Gasteiger partial charge in [-0.3, -0.25) is 0 Å². The van der Waals surface area contributed by atoms with Gasteiger partial charge < -0.3 is 20.1 Å². The van der Waals surface area contributed by atoms with Crippen LogP contribution in [-0.2, 0) is 26.2 Å². The summed E-state index contributed by atoms with van der Waals surface area (Å²) in [5.74, 6) is 3.43. The minimum Gasteiger partial charge on any atom is -0.382 e. The number of likely N-dealkylation sites (tertiary alicyclic amines) is 1. The molecule has 2 saturated heterocycles. The van der Waals surface area contributed by atoms with E-state index in [0.717, 1.165) is 36.8 Å². The smallest absolute Gasteiger partial charge is 0.382 e. The second-order valence-corrected chi connectivity index (χ2v) is 15.8. The third-order valence-corrected chi connectivity index (χ3v) is 11.0. The number of alkyl halides is 3. The number of sulfone groups is 2. The fraction of sp³-hybridized carbons (Fsp3) is 0.467. The van der Waals surface area contributed by atoms with Crippen molar-refractivity contribution in [1.82, 2.24) is 9.47 Å². The molecule has 3 aromatic rings. The van der Waals surface area contributed by atoms with E-state index in [1.807, 2.05) is 0 Å². The highest BCUT2D eigenvalue weighted by Gasteiger charge is 2.32. The van der Waals surface area contributed by atoms with Crippen LogP contribution in [0.3, 0.4) is 0 Å². The first-order chi connectivity index (χ1) is 21.1. The molecule has 45 heavy (non-hydrogen) atoms. The van der Waals surface area contributed by atoms with E-state index in [2.05, 4.69) is 27.4 Å². The van der Waals surface area contributed by atoms with Crippen molar-refractivity contribution in [1.29, 1.82) is 0 Å². The zero-order chi connectivity index (χ0) is 32.6. The van der Waals surface area contributed by atoms with Gasteiger partial charge in [-0.25, -0.2) is 25.6 Å². The largest absolute Gasteiger partial charge is 0.406 e. The van der Waals surface area contributed by atoms with Crippen molar-refractivity contribution in [3.8, 4) is 11.8 Å². The van der Waals surface area contributed by atoms with E-state index < -0.39 is 54.6 Å². The van der Waals surface area contributed by atoms with Gasteiger partial charge in [0.1, 0.15) is 22.1 Å². The number of fused-ring (bicyclic) bond motifs is 1. The molecular formula is C30H33F5N4O4S2. The first-order valence-corrected chi connectivity index (χ1v) is 18.1. The molecule has 0 unspecified atom stereocenters. The number of rotatable bonds is 7. The monoisotopic (exact) mass is 672 g/mol. The molecule has 0 bridgehead atoms. The van der Waals surface area contributed by atoms with Crippen LogP contribution in [0.25, 0.3) is 10.9 Å². The number of benzene rings is 2. The number of hydrogen-bond donors (Lipinski definition) is 2. The minimum atomic E-state index is -4.54. The SMILES string of the molecule is CS(=O)(=O)c1cc(F)c(NCC#Cc2cc3c(NC4CCN(C5CCS(=O)(=O)CC5)CC4)cccc3n2CC(F)(F)F)c(F)c1. The van der Waals surface area contributed by atoms with Crippen LogP contribution in [-0.4, -0.2) is 82.0 Å². The summed E-state index contributed by atoms with van der Waals surface area (Å²) in [4.78, 5) is 1.80. The minimum absolute atomic E-state index is 0.0637. The Morgan fingerprint density at radius 2 is 1.64 bits per heavy atom. The second-order valence-electron chi connectivity index (χ2n) is 11.5. The van der Waals surface area contributed by atoms with Crippen molar-refractivity contribution in [2.45, 2.75) is 55.4 Å². The van der Waals surface area contributed by atoms with Crippen LogP contribution < -0.4 is 10.6 Å². The number of nitrogens with one attached hydrogen (secondary N) is 2. The molecule has 2 fully saturated rings. The summed E-state index contributed by atoms with van der Waals surface area (Å²) in [7, 11) is -6.78. The van der Waals surface area contributed by atoms with Crippen LogP contribution in [0.2, 0.25) is 0 Å². The first-order valence-electron chi connectivity index (χ1n) is 14.4. The van der Waals surface area contributed by atoms with Crippen LogP contribution in [0.5, 0.6) is 0 Å². The van der Waals surface area contributed by atoms with E-state index in [1.54, 1.807) is 24.3 Å². The summed E-state index contributed by atoms with van der Waals surface area (Å²) in [6.07, 6.45) is -0.878. The molecule has 0 saturated carbocycles. The van der Waals surface area contributed by atoms with Gasteiger partial charge in [0.15, 0.2) is 21.5 Å². The lowest BCUT2D eigenvalue weighted by Crippen LogP contribution is -2.47. The molecule has 0 radical (unpaired) electrons. The average Bonchev–Trinajstić information content (AvgIpc) is 3.28. The lowest BCUT2D eigenvalue weighted by Gasteiger charge is -2.39. The number of aromatic nitrogens is 1. The second kappa shape index (κ2) is 12.8. The van der Waals surface area contributed by atoms with Crippen molar-refractivity contribution < 1.29 is 38.8 Å². The van der Waals surface area contributed by atoms with Gasteiger partial charge in [0.2, 0.25) is 0 Å². The fourth-order valence-corrected chi connectivity index (χ4v) is 8.04. The van der Waals surface area contributed by atoms with Crippen LogP contribution >= 0.6 is 0 Å². The molecule has 2 aliphatic rings. The standard InChI is InChI=1S/C30H33F5N4O4S2/c1-44(40,41)23-17-25(31)29(26(32)18-23)36-11-3-4-22-16-24-27(5-2-6-28(24)39(22)19-30(33,34)35)37-20-7-12-38(13-8-20)21-9-14-45(42,43)15-10-21/h2,5-6,16-18,20-21,36-37H,7-15,19H2,1H3. The molecule has 0 spiro atoms. The first kappa shape index (κ1) is 33.0. The van der Waals surface area contributed by atoms with Crippen LogP contribution in [0.4, 0.5) is 33.3 Å². The average molecular weight is 673 g/mol. The Morgan fingerprint density at radius 1 is 1.00 bits per heavy atom. The van der Waals surface area contributed by atoms with Gasteiger partial charge in [-0.15, -0.1) is 0 Å². The Hall–Kier alpha value is -3.35. The quantitative estimate of drug-likeness (QED) is 0.275. The van der Waals surface area contributed by atoms with Gasteiger partial charge in [-0.2, -0.15) is 13.2 Å². The topological polar surface area (TPSA) is 101 Å². The van der Waals surface area contributed by atoms with Crippen molar-refractivity contribution in [3.05, 3.63) is 53.7 Å². The van der Waals surface area contributed by atoms with Crippen LogP contribution in [0.15, 0.2) is 41.3 Å². The zero-order valence-electron chi connectivity index (χ0n) is 24.4. The Morgan fingerprint density at radius 3 is 2.24 bits per heavy atom. The van der Waals surface area contributed by atoms with Crippen molar-refractivity contribution in [2.75, 3.05) is 48.0 Å². The van der Waals surface area contributed by atoms with E-state index in [0.29, 0.717) is 41.6 Å². The predicted molar refractivity (Wildman–Crippen MR) is 163 cm³/mol. The lowest BCUT2D eigenvalue weighted by atomic mass is 10.00. The molecule has 2 N–H and O–H groups in total. The summed E-state index contributed by atoms with van der Waals surface area (Å²) in [6.45, 7) is -0.0377. The van der Waals surface area contributed by atoms with E-state index in [4.69, 9.17) is 0 Å². The predicted octanol–water partition coefficient (Wildman–Crippen LogP) is 4.80. The summed E-state index contributed by atoms with van der Waals surface area (Å²) in [6, 6.07) is 8.25. The number of nitrogens with zero attached hydrogens (tertiary/aromatic N) is 2. The molecule has 2 aliphatic heterocycles. The van der Waals surface area contributed by atoms with Crippen molar-refractivity contribution in [2.24, 2.45) is 0 Å². The van der Waals surface area contributed by atoms with Crippen LogP contribution in [0, 0.1) is 23.5 Å². The molecule has 0 aliphatic carbocycles. The van der Waals surface area contributed by atoms with E-state index >= 15 is 0 Å². The molecule has 8 nitrogen and oxygen atoms in total. The summed E-state index contributed by atoms with van der Waals surface area (Å²) in [5, 5.41) is 6.46. The maximum atomic E-state index is 14.4. The van der Waals surface area contributed by atoms with Crippen LogP contribution in [0.1, 0.15) is 31.4 Å². The highest BCUT2D eigenvalue weighted by Crippen LogP contribution is 2.32. The van der Waals surface area contributed by atoms with E-state index in [9.17, 15) is 38.8 Å². The third-order valence-electron chi connectivity index (χ3n) is 8.23. The molecule has 1 aromatic heterocycles. The number of hydrogen-bond acceptors (Lipinski definition) is 7. The highest BCUT2D eigenvalue weighted by atomic mass is 32.2. The van der Waals surface area contributed by atoms with Crippen molar-refractivity contribution >= 4 is 42.0 Å². The van der Waals surface area contributed by atoms with Gasteiger partial charge in [-0.1, -0.05) is 12.0 Å². The van der Waals surface area contributed by atoms with Gasteiger partial charge in [0.25, 0.3) is 0 Å². The molecule has 3 heterocycles. The maximum absolute atomic E-state index is 14.4. The molecule has 2 aromatic carbocycles. The highest BCUT2D eigenvalue weighted by molar-refractivity contribution is 7.91. The Kier molecular flexibility index (Phi) is 9.40. The molecule has 15 heteroatoms. The van der Waals surface area contributed by atoms with Gasteiger partial charge >= 0.3 is 6.18 Å². The Labute approximate surface area is 258 Å². The molecule has 0 atom stereocenters. The molecule has 5 rings (SSSR count). The third kappa shape index (κ3) is 8.09. The summed E-state index contributed by atoms with van der Waals surface area (Å²) >= 11 is 0. The maximum Gasteiger partial charge on any atom is 0.406 e. The summed E-state index contributed by atoms with van der Waals surface area (Å²) < 4.78 is 117.